The second-order valence-electron chi connectivity index (χ2n) is 7.89. The number of carboxylic acids is 2. The van der Waals surface area contributed by atoms with Crippen molar-refractivity contribution in [3.8, 4) is 0 Å². The third-order valence-corrected chi connectivity index (χ3v) is 5.14. The summed E-state index contributed by atoms with van der Waals surface area (Å²) in [4.78, 5) is 24.8. The molecule has 0 amide bonds. The van der Waals surface area contributed by atoms with Crippen LogP contribution in [0.25, 0.3) is 0 Å². The van der Waals surface area contributed by atoms with Gasteiger partial charge in [0.05, 0.1) is 13.2 Å². The largest absolute Gasteiger partial charge is 0.490 e. The maximum absolute atomic E-state index is 10.6. The van der Waals surface area contributed by atoms with Gasteiger partial charge in [-0.15, -0.1) is 6.58 Å². The quantitative estimate of drug-likeness (QED) is 0.325. The van der Waals surface area contributed by atoms with Crippen LogP contribution in [0.4, 0.5) is 26.3 Å². The maximum atomic E-state index is 10.6. The second kappa shape index (κ2) is 14.8. The molecule has 0 aromatic carbocycles. The number of hydrogen-bond acceptors (Lipinski definition) is 6. The summed E-state index contributed by atoms with van der Waals surface area (Å²) in [5, 5.41) is 14.2. The van der Waals surface area contributed by atoms with Crippen molar-refractivity contribution in [2.24, 2.45) is 5.92 Å². The van der Waals surface area contributed by atoms with Gasteiger partial charge < -0.3 is 19.7 Å². The molecule has 1 fully saturated rings. The van der Waals surface area contributed by atoms with E-state index in [2.05, 4.69) is 16.5 Å². The van der Waals surface area contributed by atoms with E-state index in [1.165, 1.54) is 36.1 Å². The van der Waals surface area contributed by atoms with Crippen molar-refractivity contribution >= 4 is 11.9 Å². The van der Waals surface area contributed by atoms with Crippen LogP contribution in [0.3, 0.4) is 0 Å². The van der Waals surface area contributed by atoms with Gasteiger partial charge in [0.15, 0.2) is 0 Å². The molecule has 1 saturated heterocycles. The van der Waals surface area contributed by atoms with Crippen molar-refractivity contribution in [3.63, 3.8) is 0 Å². The lowest BCUT2D eigenvalue weighted by Gasteiger charge is -2.33. The lowest BCUT2D eigenvalue weighted by Crippen LogP contribution is -2.36. The van der Waals surface area contributed by atoms with Crippen LogP contribution >= 0.6 is 0 Å². The van der Waals surface area contributed by atoms with E-state index in [-0.39, 0.29) is 0 Å². The smallest absolute Gasteiger partial charge is 0.475 e. The van der Waals surface area contributed by atoms with Crippen molar-refractivity contribution in [1.82, 2.24) is 9.88 Å². The number of halogens is 6. The number of carboxylic acid groups (broad SMARTS) is 2. The normalized spacial score (nSPS) is 16.5. The van der Waals surface area contributed by atoms with Crippen molar-refractivity contribution in [3.05, 3.63) is 41.7 Å². The van der Waals surface area contributed by atoms with Crippen molar-refractivity contribution in [2.45, 2.75) is 44.8 Å². The van der Waals surface area contributed by atoms with Crippen LogP contribution in [-0.2, 0) is 38.6 Å². The molecule has 3 heterocycles. The Balaban J connectivity index is 0.000000383. The molecule has 1 aromatic heterocycles. The molecular formula is C22H28F6N2O6. The zero-order chi connectivity index (χ0) is 27.4. The Hall–Kier alpha value is -2.71. The monoisotopic (exact) mass is 530 g/mol. The zero-order valence-electron chi connectivity index (χ0n) is 19.3. The van der Waals surface area contributed by atoms with Crippen LogP contribution < -0.4 is 0 Å². The molecule has 3 rings (SSSR count). The number of aliphatic carboxylic acids is 2. The van der Waals surface area contributed by atoms with Gasteiger partial charge in [-0.05, 0) is 41.9 Å². The molecule has 1 aromatic rings. The molecule has 0 spiro atoms. The summed E-state index contributed by atoms with van der Waals surface area (Å²) in [5.74, 6) is -4.72. The Labute approximate surface area is 203 Å². The Bertz CT molecular complexity index is 832. The van der Waals surface area contributed by atoms with E-state index in [4.69, 9.17) is 29.3 Å². The summed E-state index contributed by atoms with van der Waals surface area (Å²) in [6.45, 7) is 10.1. The molecule has 36 heavy (non-hydrogen) atoms. The lowest BCUT2D eigenvalue weighted by molar-refractivity contribution is -0.193. The predicted molar refractivity (Wildman–Crippen MR) is 114 cm³/mol. The van der Waals surface area contributed by atoms with Crippen LogP contribution in [-0.4, -0.2) is 77.3 Å². The average Bonchev–Trinajstić information content (AvgIpc) is 2.79. The highest BCUT2D eigenvalue weighted by atomic mass is 19.4. The highest BCUT2D eigenvalue weighted by Crippen LogP contribution is 2.25. The van der Waals surface area contributed by atoms with Gasteiger partial charge in [0.2, 0.25) is 0 Å². The fourth-order valence-electron chi connectivity index (χ4n) is 3.45. The molecule has 8 nitrogen and oxygen atoms in total. The minimum absolute atomic E-state index is 0.597. The average molecular weight is 530 g/mol. The Morgan fingerprint density at radius 3 is 2.17 bits per heavy atom. The predicted octanol–water partition coefficient (Wildman–Crippen LogP) is 3.84. The van der Waals surface area contributed by atoms with Crippen LogP contribution in [0.5, 0.6) is 0 Å². The second-order valence-corrected chi connectivity index (χ2v) is 7.89. The van der Waals surface area contributed by atoms with Gasteiger partial charge in [-0.1, -0.05) is 6.08 Å². The van der Waals surface area contributed by atoms with Gasteiger partial charge >= 0.3 is 24.3 Å². The van der Waals surface area contributed by atoms with Crippen LogP contribution in [0.15, 0.2) is 25.0 Å². The molecule has 2 N–H and O–H groups in total. The number of rotatable bonds is 6. The third-order valence-electron chi connectivity index (χ3n) is 5.14. The van der Waals surface area contributed by atoms with E-state index < -0.39 is 24.3 Å². The molecule has 14 heteroatoms. The van der Waals surface area contributed by atoms with Gasteiger partial charge in [0, 0.05) is 45.2 Å². The van der Waals surface area contributed by atoms with E-state index in [1.54, 1.807) is 6.08 Å². The summed E-state index contributed by atoms with van der Waals surface area (Å²) < 4.78 is 74.5. The first-order chi connectivity index (χ1) is 16.8. The molecule has 0 bridgehead atoms. The fourth-order valence-corrected chi connectivity index (χ4v) is 3.45. The Morgan fingerprint density at radius 2 is 1.67 bits per heavy atom. The molecule has 0 radical (unpaired) electrons. The molecule has 0 aliphatic carbocycles. The van der Waals surface area contributed by atoms with E-state index >= 15 is 0 Å². The standard InChI is InChI=1S/C18H26N2O2.2C2HF3O2/c1-2-7-22-14-17-11-19-10-16-13-20(6-3-18(16)17)12-15-4-8-21-9-5-15;2*3-2(4,5)1(6)7/h2,10-11,15H,1,3-9,12-14H2;2*(H,6,7). The minimum atomic E-state index is -5.08. The Morgan fingerprint density at radius 1 is 1.11 bits per heavy atom. The topological polar surface area (TPSA) is 109 Å². The van der Waals surface area contributed by atoms with Gasteiger partial charge in [-0.25, -0.2) is 9.59 Å². The SMILES string of the molecule is C=CCOCc1cncc2c1CCN(CC1CCOCC1)C2.O=C(O)C(F)(F)F.O=C(O)C(F)(F)F. The number of hydrogen-bond donors (Lipinski definition) is 2. The fraction of sp³-hybridized carbons (Fsp3) is 0.591. The summed E-state index contributed by atoms with van der Waals surface area (Å²) >= 11 is 0. The highest BCUT2D eigenvalue weighted by molar-refractivity contribution is 5.73. The first kappa shape index (κ1) is 31.3. The zero-order valence-corrected chi connectivity index (χ0v) is 19.3. The van der Waals surface area contributed by atoms with Crippen molar-refractivity contribution in [1.29, 1.82) is 0 Å². The van der Waals surface area contributed by atoms with Crippen molar-refractivity contribution < 1.29 is 55.6 Å². The summed E-state index contributed by atoms with van der Waals surface area (Å²) in [6, 6.07) is 0. The number of alkyl halides is 6. The lowest BCUT2D eigenvalue weighted by atomic mass is 9.94. The van der Waals surface area contributed by atoms with E-state index in [0.29, 0.717) is 13.2 Å². The maximum Gasteiger partial charge on any atom is 0.490 e. The van der Waals surface area contributed by atoms with Crippen LogP contribution in [0.1, 0.15) is 29.5 Å². The molecule has 0 unspecified atom stereocenters. The van der Waals surface area contributed by atoms with E-state index in [1.807, 2.05) is 12.4 Å². The Kier molecular flexibility index (Phi) is 12.8. The molecule has 2 aliphatic heterocycles. The summed E-state index contributed by atoms with van der Waals surface area (Å²) in [7, 11) is 0. The third kappa shape index (κ3) is 11.8. The van der Waals surface area contributed by atoms with Gasteiger partial charge in [-0.3, -0.25) is 9.88 Å². The van der Waals surface area contributed by atoms with Crippen LogP contribution in [0.2, 0.25) is 0 Å². The summed E-state index contributed by atoms with van der Waals surface area (Å²) in [5.41, 5.74) is 4.06. The summed E-state index contributed by atoms with van der Waals surface area (Å²) in [6.07, 6.45) is -0.876. The number of pyridine rings is 1. The number of fused-ring (bicyclic) bond motifs is 1. The van der Waals surface area contributed by atoms with E-state index in [9.17, 15) is 26.3 Å². The first-order valence-corrected chi connectivity index (χ1v) is 10.8. The number of aromatic nitrogens is 1. The molecular weight excluding hydrogens is 502 g/mol. The number of nitrogens with zero attached hydrogens (tertiary/aromatic N) is 2. The van der Waals surface area contributed by atoms with Crippen molar-refractivity contribution in [2.75, 3.05) is 32.9 Å². The highest BCUT2D eigenvalue weighted by Gasteiger charge is 2.38. The first-order valence-electron chi connectivity index (χ1n) is 10.8. The van der Waals surface area contributed by atoms with Gasteiger partial charge in [-0.2, -0.15) is 26.3 Å². The van der Waals surface area contributed by atoms with Gasteiger partial charge in [0.25, 0.3) is 0 Å². The van der Waals surface area contributed by atoms with Crippen LogP contribution in [0, 0.1) is 5.92 Å². The number of carbonyl (C=O) groups is 2. The minimum Gasteiger partial charge on any atom is -0.475 e. The van der Waals surface area contributed by atoms with Gasteiger partial charge in [0.1, 0.15) is 0 Å². The van der Waals surface area contributed by atoms with E-state index in [0.717, 1.165) is 38.6 Å². The number of ether oxygens (including phenoxy) is 2. The molecule has 0 saturated carbocycles. The molecule has 0 atom stereocenters. The molecule has 2 aliphatic rings. The molecule has 204 valence electrons.